The minimum Gasteiger partial charge on any atom is -0.0908 e. The summed E-state index contributed by atoms with van der Waals surface area (Å²) < 4.78 is 0. The lowest BCUT2D eigenvalue weighted by atomic mass is 9.78. The van der Waals surface area contributed by atoms with Gasteiger partial charge in [0, 0.05) is 5.41 Å². The fourth-order valence-corrected chi connectivity index (χ4v) is 2.25. The molecule has 0 unspecified atom stereocenters. The predicted molar refractivity (Wildman–Crippen MR) is 72.8 cm³/mol. The van der Waals surface area contributed by atoms with Crippen molar-refractivity contribution in [2.45, 2.75) is 51.9 Å². The molecule has 88 valence electrons. The highest BCUT2D eigenvalue weighted by Crippen LogP contribution is 2.31. The van der Waals surface area contributed by atoms with Gasteiger partial charge in [-0.1, -0.05) is 75.6 Å². The van der Waals surface area contributed by atoms with E-state index in [1.54, 1.807) is 0 Å². The van der Waals surface area contributed by atoms with Crippen molar-refractivity contribution in [1.82, 2.24) is 0 Å². The van der Waals surface area contributed by atoms with Gasteiger partial charge < -0.3 is 0 Å². The Morgan fingerprint density at radius 3 is 2.38 bits per heavy atom. The molecule has 16 heavy (non-hydrogen) atoms. The molecule has 0 fully saturated rings. The van der Waals surface area contributed by atoms with E-state index in [4.69, 9.17) is 0 Å². The third-order valence-corrected chi connectivity index (χ3v) is 3.27. The van der Waals surface area contributed by atoms with Crippen LogP contribution in [0.1, 0.15) is 52.0 Å². The van der Waals surface area contributed by atoms with Crippen molar-refractivity contribution < 1.29 is 0 Å². The number of benzene rings is 1. The molecule has 1 atom stereocenters. The first-order valence-electron chi connectivity index (χ1n) is 6.42. The molecule has 0 bridgehead atoms. The zero-order valence-corrected chi connectivity index (χ0v) is 10.9. The van der Waals surface area contributed by atoms with Crippen molar-refractivity contribution >= 4 is 0 Å². The van der Waals surface area contributed by atoms with Gasteiger partial charge in [-0.25, -0.2) is 0 Å². The lowest BCUT2D eigenvalue weighted by molar-refractivity contribution is 0.498. The van der Waals surface area contributed by atoms with Crippen LogP contribution >= 0.6 is 0 Å². The average molecular weight is 216 g/mol. The largest absolute Gasteiger partial charge is 0.0908 e. The summed E-state index contributed by atoms with van der Waals surface area (Å²) in [5.41, 5.74) is 1.65. The molecule has 0 amide bonds. The number of hydrogen-bond donors (Lipinski definition) is 0. The van der Waals surface area contributed by atoms with E-state index in [0.717, 1.165) is 0 Å². The van der Waals surface area contributed by atoms with Crippen molar-refractivity contribution in [1.29, 1.82) is 0 Å². The van der Waals surface area contributed by atoms with E-state index >= 15 is 0 Å². The van der Waals surface area contributed by atoms with Gasteiger partial charge in [0.05, 0.1) is 0 Å². The van der Waals surface area contributed by atoms with E-state index in [-0.39, 0.29) is 5.41 Å². The monoisotopic (exact) mass is 216 g/mol. The highest BCUT2D eigenvalue weighted by molar-refractivity contribution is 5.29. The van der Waals surface area contributed by atoms with Gasteiger partial charge in [-0.05, 0) is 18.9 Å². The van der Waals surface area contributed by atoms with Crippen LogP contribution in [0.15, 0.2) is 42.5 Å². The SMILES string of the molecule is C/C=C/[C@](C)(CCCCC)c1ccccc1. The van der Waals surface area contributed by atoms with Gasteiger partial charge in [0.25, 0.3) is 0 Å². The summed E-state index contributed by atoms with van der Waals surface area (Å²) in [7, 11) is 0. The number of hydrogen-bond acceptors (Lipinski definition) is 0. The van der Waals surface area contributed by atoms with E-state index in [2.05, 4.69) is 63.3 Å². The molecule has 0 saturated heterocycles. The van der Waals surface area contributed by atoms with Crippen molar-refractivity contribution in [2.75, 3.05) is 0 Å². The molecule has 0 heterocycles. The zero-order valence-electron chi connectivity index (χ0n) is 10.9. The van der Waals surface area contributed by atoms with E-state index in [1.807, 2.05) is 0 Å². The Morgan fingerprint density at radius 2 is 1.81 bits per heavy atom. The normalized spacial score (nSPS) is 15.2. The maximum absolute atomic E-state index is 2.35. The van der Waals surface area contributed by atoms with Gasteiger partial charge in [0.2, 0.25) is 0 Å². The van der Waals surface area contributed by atoms with Gasteiger partial charge in [0.1, 0.15) is 0 Å². The van der Waals surface area contributed by atoms with E-state index in [9.17, 15) is 0 Å². The van der Waals surface area contributed by atoms with Crippen LogP contribution in [0.2, 0.25) is 0 Å². The van der Waals surface area contributed by atoms with Crippen molar-refractivity contribution in [2.24, 2.45) is 0 Å². The minimum absolute atomic E-state index is 0.213. The predicted octanol–water partition coefficient (Wildman–Crippen LogP) is 5.10. The molecule has 0 N–H and O–H groups in total. The van der Waals surface area contributed by atoms with Crippen LogP contribution < -0.4 is 0 Å². The second-order valence-electron chi connectivity index (χ2n) is 4.74. The summed E-state index contributed by atoms with van der Waals surface area (Å²) in [6, 6.07) is 10.8. The molecule has 0 saturated carbocycles. The van der Waals surface area contributed by atoms with E-state index < -0.39 is 0 Å². The first kappa shape index (κ1) is 13.0. The smallest absolute Gasteiger partial charge is 0.0103 e. The molecule has 1 rings (SSSR count). The molecular weight excluding hydrogens is 192 g/mol. The highest BCUT2D eigenvalue weighted by atomic mass is 14.3. The molecule has 1 aromatic carbocycles. The molecule has 0 aliphatic heterocycles. The zero-order chi connectivity index (χ0) is 11.9. The Morgan fingerprint density at radius 1 is 1.12 bits per heavy atom. The van der Waals surface area contributed by atoms with Crippen molar-refractivity contribution in [3.8, 4) is 0 Å². The van der Waals surface area contributed by atoms with Crippen LogP contribution in [0.25, 0.3) is 0 Å². The van der Waals surface area contributed by atoms with E-state index in [0.29, 0.717) is 0 Å². The third kappa shape index (κ3) is 3.52. The average Bonchev–Trinajstić information content (AvgIpc) is 2.31. The summed E-state index contributed by atoms with van der Waals surface area (Å²) in [4.78, 5) is 0. The molecule has 0 heteroatoms. The highest BCUT2D eigenvalue weighted by Gasteiger charge is 2.21. The molecule has 0 aliphatic rings. The van der Waals surface area contributed by atoms with Gasteiger partial charge in [0.15, 0.2) is 0 Å². The van der Waals surface area contributed by atoms with E-state index in [1.165, 1.54) is 31.2 Å². The Labute approximate surface area is 100 Å². The number of rotatable bonds is 6. The topological polar surface area (TPSA) is 0 Å². The standard InChI is InChI=1S/C16H24/c1-4-6-10-14-16(3,13-5-2)15-11-8-7-9-12-15/h5,7-9,11-13H,4,6,10,14H2,1-3H3/b13-5+/t16-/m1/s1. The summed E-state index contributed by atoms with van der Waals surface area (Å²) in [6.45, 7) is 6.72. The van der Waals surface area contributed by atoms with Crippen LogP contribution in [-0.2, 0) is 5.41 Å². The molecular formula is C16H24. The molecule has 0 aliphatic carbocycles. The van der Waals surface area contributed by atoms with Crippen molar-refractivity contribution in [3.05, 3.63) is 48.0 Å². The van der Waals surface area contributed by atoms with Gasteiger partial charge in [-0.2, -0.15) is 0 Å². The van der Waals surface area contributed by atoms with Crippen LogP contribution in [0.5, 0.6) is 0 Å². The van der Waals surface area contributed by atoms with Crippen molar-refractivity contribution in [3.63, 3.8) is 0 Å². The molecule has 1 aromatic rings. The summed E-state index contributed by atoms with van der Waals surface area (Å²) in [6.07, 6.45) is 9.71. The second-order valence-corrected chi connectivity index (χ2v) is 4.74. The molecule has 0 spiro atoms. The summed E-state index contributed by atoms with van der Waals surface area (Å²) in [5, 5.41) is 0. The van der Waals surface area contributed by atoms with Gasteiger partial charge in [-0.15, -0.1) is 0 Å². The first-order chi connectivity index (χ1) is 7.73. The van der Waals surface area contributed by atoms with Gasteiger partial charge >= 0.3 is 0 Å². The molecule has 0 aromatic heterocycles. The summed E-state index contributed by atoms with van der Waals surface area (Å²) >= 11 is 0. The lowest BCUT2D eigenvalue weighted by Crippen LogP contribution is -2.18. The Bertz CT molecular complexity index is 310. The van der Waals surface area contributed by atoms with Crippen LogP contribution in [0, 0.1) is 0 Å². The maximum Gasteiger partial charge on any atom is 0.0103 e. The Hall–Kier alpha value is -1.04. The fraction of sp³-hybridized carbons (Fsp3) is 0.500. The van der Waals surface area contributed by atoms with Crippen LogP contribution in [0.4, 0.5) is 0 Å². The molecule has 0 radical (unpaired) electrons. The summed E-state index contributed by atoms with van der Waals surface area (Å²) in [5.74, 6) is 0. The number of allylic oxidation sites excluding steroid dienone is 2. The fourth-order valence-electron chi connectivity index (χ4n) is 2.25. The number of unbranched alkanes of at least 4 members (excludes halogenated alkanes) is 2. The minimum atomic E-state index is 0.213. The Balaban J connectivity index is 2.80. The second kappa shape index (κ2) is 6.52. The first-order valence-corrected chi connectivity index (χ1v) is 6.42. The Kier molecular flexibility index (Phi) is 5.31. The van der Waals surface area contributed by atoms with Gasteiger partial charge in [-0.3, -0.25) is 0 Å². The van der Waals surface area contributed by atoms with Crippen LogP contribution in [0.3, 0.4) is 0 Å². The lowest BCUT2D eigenvalue weighted by Gasteiger charge is -2.26. The van der Waals surface area contributed by atoms with Crippen LogP contribution in [-0.4, -0.2) is 0 Å². The maximum atomic E-state index is 2.35. The third-order valence-electron chi connectivity index (χ3n) is 3.27. The quantitative estimate of drug-likeness (QED) is 0.458. The molecule has 0 nitrogen and oxygen atoms in total.